The average molecular weight is 309 g/mol. The fraction of sp³-hybridized carbons (Fsp3) is 0.316. The molecule has 0 saturated carbocycles. The molecule has 118 valence electrons. The Morgan fingerprint density at radius 3 is 2.09 bits per heavy atom. The third kappa shape index (κ3) is 2.18. The highest BCUT2D eigenvalue weighted by molar-refractivity contribution is 5.76. The fourth-order valence-corrected chi connectivity index (χ4v) is 3.56. The molecule has 4 heteroatoms. The summed E-state index contributed by atoms with van der Waals surface area (Å²) in [5, 5.41) is 3.56. The average Bonchev–Trinajstić information content (AvgIpc) is 3.10. The van der Waals surface area contributed by atoms with Crippen LogP contribution in [0.2, 0.25) is 0 Å². The smallest absolute Gasteiger partial charge is 0.313 e. The van der Waals surface area contributed by atoms with E-state index in [2.05, 4.69) is 5.32 Å². The summed E-state index contributed by atoms with van der Waals surface area (Å²) in [4.78, 5) is 12.0. The first-order valence-corrected chi connectivity index (χ1v) is 8.01. The van der Waals surface area contributed by atoms with Gasteiger partial charge >= 0.3 is 5.97 Å². The molecule has 1 N–H and O–H groups in total. The van der Waals surface area contributed by atoms with Gasteiger partial charge in [0, 0.05) is 11.1 Å². The SMILES string of the molecule is CC[C@@H]1C(=O)O[C@H]2OC(c3ccccc3)(c3ccccc3)N[C@H]21. The first kappa shape index (κ1) is 14.4. The summed E-state index contributed by atoms with van der Waals surface area (Å²) >= 11 is 0. The first-order chi connectivity index (χ1) is 11.2. The summed E-state index contributed by atoms with van der Waals surface area (Å²) in [7, 11) is 0. The van der Waals surface area contributed by atoms with Crippen LogP contribution in [-0.2, 0) is 20.0 Å². The third-order valence-corrected chi connectivity index (χ3v) is 4.73. The fourth-order valence-electron chi connectivity index (χ4n) is 3.56. The lowest BCUT2D eigenvalue weighted by Crippen LogP contribution is -2.45. The number of esters is 1. The van der Waals surface area contributed by atoms with Gasteiger partial charge in [-0.05, 0) is 6.42 Å². The lowest BCUT2D eigenvalue weighted by molar-refractivity contribution is -0.174. The Morgan fingerprint density at radius 2 is 1.57 bits per heavy atom. The minimum atomic E-state index is -0.786. The molecule has 2 aliphatic rings. The van der Waals surface area contributed by atoms with Crippen molar-refractivity contribution >= 4 is 5.97 Å². The maximum absolute atomic E-state index is 12.0. The summed E-state index contributed by atoms with van der Waals surface area (Å²) in [5.74, 6) is -0.348. The quantitative estimate of drug-likeness (QED) is 0.886. The zero-order chi connectivity index (χ0) is 15.9. The van der Waals surface area contributed by atoms with Crippen LogP contribution in [-0.4, -0.2) is 18.3 Å². The number of fused-ring (bicyclic) bond motifs is 1. The van der Waals surface area contributed by atoms with Gasteiger partial charge in [-0.1, -0.05) is 67.6 Å². The van der Waals surface area contributed by atoms with E-state index in [0.29, 0.717) is 0 Å². The molecule has 0 unspecified atom stereocenters. The number of ether oxygens (including phenoxy) is 2. The molecule has 2 saturated heterocycles. The van der Waals surface area contributed by atoms with Crippen LogP contribution in [0.15, 0.2) is 60.7 Å². The predicted molar refractivity (Wildman–Crippen MR) is 85.3 cm³/mol. The standard InChI is InChI=1S/C19H19NO3/c1-2-15-16-18(22-17(15)21)23-19(20-16,13-9-5-3-6-10-13)14-11-7-4-8-12-14/h3-12,15-16,18,20H,2H2,1H3/t15-,16-,18-/m0/s1. The molecule has 0 amide bonds. The lowest BCUT2D eigenvalue weighted by Gasteiger charge is -2.31. The Hall–Kier alpha value is -2.17. The Kier molecular flexibility index (Phi) is 3.43. The molecule has 2 aromatic rings. The van der Waals surface area contributed by atoms with Crippen molar-refractivity contribution in [3.05, 3.63) is 71.8 Å². The van der Waals surface area contributed by atoms with E-state index in [1.54, 1.807) is 0 Å². The number of nitrogens with one attached hydrogen (secondary N) is 1. The van der Waals surface area contributed by atoms with Crippen molar-refractivity contribution in [2.24, 2.45) is 5.92 Å². The molecule has 0 aliphatic carbocycles. The van der Waals surface area contributed by atoms with Crippen LogP contribution >= 0.6 is 0 Å². The van der Waals surface area contributed by atoms with Gasteiger partial charge in [-0.2, -0.15) is 0 Å². The highest BCUT2D eigenvalue weighted by atomic mass is 16.7. The molecule has 2 fully saturated rings. The van der Waals surface area contributed by atoms with E-state index in [4.69, 9.17) is 9.47 Å². The second-order valence-electron chi connectivity index (χ2n) is 6.02. The van der Waals surface area contributed by atoms with Gasteiger partial charge in [-0.15, -0.1) is 0 Å². The molecule has 2 heterocycles. The van der Waals surface area contributed by atoms with Gasteiger partial charge in [-0.3, -0.25) is 10.1 Å². The Labute approximate surface area is 135 Å². The van der Waals surface area contributed by atoms with Gasteiger partial charge in [0.25, 0.3) is 0 Å². The minimum Gasteiger partial charge on any atom is -0.434 e. The molecule has 4 nitrogen and oxygen atoms in total. The summed E-state index contributed by atoms with van der Waals surface area (Å²) in [6.07, 6.45) is 0.184. The minimum absolute atomic E-state index is 0.132. The van der Waals surface area contributed by atoms with Crippen LogP contribution in [0, 0.1) is 5.92 Å². The second-order valence-corrected chi connectivity index (χ2v) is 6.02. The Bertz CT molecular complexity index is 662. The van der Waals surface area contributed by atoms with E-state index in [0.717, 1.165) is 17.5 Å². The van der Waals surface area contributed by atoms with Crippen LogP contribution in [0.4, 0.5) is 0 Å². The Morgan fingerprint density at radius 1 is 1.00 bits per heavy atom. The van der Waals surface area contributed by atoms with Gasteiger partial charge in [0.2, 0.25) is 6.29 Å². The molecule has 0 radical (unpaired) electrons. The topological polar surface area (TPSA) is 47.6 Å². The second kappa shape index (κ2) is 5.48. The van der Waals surface area contributed by atoms with Crippen LogP contribution in [0.1, 0.15) is 24.5 Å². The van der Waals surface area contributed by atoms with E-state index in [1.807, 2.05) is 67.6 Å². The molecular formula is C19H19NO3. The number of carbonyl (C=O) groups is 1. The van der Waals surface area contributed by atoms with Crippen molar-refractivity contribution < 1.29 is 14.3 Å². The third-order valence-electron chi connectivity index (χ3n) is 4.73. The number of carbonyl (C=O) groups excluding carboxylic acids is 1. The van der Waals surface area contributed by atoms with E-state index < -0.39 is 12.0 Å². The monoisotopic (exact) mass is 309 g/mol. The maximum atomic E-state index is 12.0. The molecule has 4 rings (SSSR count). The first-order valence-electron chi connectivity index (χ1n) is 8.01. The van der Waals surface area contributed by atoms with E-state index in [-0.39, 0.29) is 17.9 Å². The van der Waals surface area contributed by atoms with Crippen molar-refractivity contribution in [1.29, 1.82) is 0 Å². The number of rotatable bonds is 3. The molecule has 0 bridgehead atoms. The van der Waals surface area contributed by atoms with Crippen molar-refractivity contribution in [3.63, 3.8) is 0 Å². The number of benzene rings is 2. The number of hydrogen-bond acceptors (Lipinski definition) is 4. The highest BCUT2D eigenvalue weighted by Gasteiger charge is 2.57. The molecule has 2 aliphatic heterocycles. The van der Waals surface area contributed by atoms with E-state index in [9.17, 15) is 4.79 Å². The predicted octanol–water partition coefficient (Wildman–Crippen LogP) is 2.79. The van der Waals surface area contributed by atoms with Gasteiger partial charge in [0.05, 0.1) is 12.0 Å². The van der Waals surface area contributed by atoms with Gasteiger partial charge in [0.1, 0.15) is 0 Å². The van der Waals surface area contributed by atoms with Gasteiger partial charge in [0.15, 0.2) is 5.72 Å². The largest absolute Gasteiger partial charge is 0.434 e. The normalized spacial score (nSPS) is 28.4. The molecule has 2 aromatic carbocycles. The van der Waals surface area contributed by atoms with Crippen molar-refractivity contribution in [2.45, 2.75) is 31.4 Å². The zero-order valence-electron chi connectivity index (χ0n) is 12.9. The molecule has 0 spiro atoms. The van der Waals surface area contributed by atoms with Crippen LogP contribution in [0.25, 0.3) is 0 Å². The van der Waals surface area contributed by atoms with Gasteiger partial charge < -0.3 is 9.47 Å². The number of hydrogen-bond donors (Lipinski definition) is 1. The van der Waals surface area contributed by atoms with E-state index in [1.165, 1.54) is 0 Å². The summed E-state index contributed by atoms with van der Waals surface area (Å²) in [6, 6.07) is 19.9. The molecule has 0 aromatic heterocycles. The maximum Gasteiger partial charge on any atom is 0.313 e. The zero-order valence-corrected chi connectivity index (χ0v) is 12.9. The lowest BCUT2D eigenvalue weighted by atomic mass is 9.92. The van der Waals surface area contributed by atoms with Crippen LogP contribution in [0.3, 0.4) is 0 Å². The highest BCUT2D eigenvalue weighted by Crippen LogP contribution is 2.43. The molecular weight excluding hydrogens is 290 g/mol. The molecule has 3 atom stereocenters. The Balaban J connectivity index is 1.80. The summed E-state index contributed by atoms with van der Waals surface area (Å²) in [6.45, 7) is 2.00. The van der Waals surface area contributed by atoms with Crippen LogP contribution in [0.5, 0.6) is 0 Å². The van der Waals surface area contributed by atoms with E-state index >= 15 is 0 Å². The van der Waals surface area contributed by atoms with Crippen molar-refractivity contribution in [1.82, 2.24) is 5.32 Å². The van der Waals surface area contributed by atoms with Gasteiger partial charge in [-0.25, -0.2) is 0 Å². The van der Waals surface area contributed by atoms with Crippen molar-refractivity contribution in [2.75, 3.05) is 0 Å². The summed E-state index contributed by atoms with van der Waals surface area (Å²) < 4.78 is 11.8. The van der Waals surface area contributed by atoms with Crippen LogP contribution < -0.4 is 5.32 Å². The van der Waals surface area contributed by atoms with Crippen molar-refractivity contribution in [3.8, 4) is 0 Å². The summed E-state index contributed by atoms with van der Waals surface area (Å²) in [5.41, 5.74) is 1.23. The molecule has 23 heavy (non-hydrogen) atoms.